The standard InChI is InChI=1S/C19H21NO3/c1-3-23-18(22)19-11-12(2)10-15(19)14-8-4-6-13-7-5-9-20(16(13)14)17(19)21/h4,6,8,15H,2-3,5,7,9-11H2,1H3. The SMILES string of the molecule is C=C1CC2c3cccc4c3N(CCC4)C(=O)C2(C(=O)OCC)C1. The summed E-state index contributed by atoms with van der Waals surface area (Å²) in [6, 6.07) is 6.21. The smallest absolute Gasteiger partial charge is 0.322 e. The lowest BCUT2D eigenvalue weighted by atomic mass is 9.68. The summed E-state index contributed by atoms with van der Waals surface area (Å²) in [7, 11) is 0. The Morgan fingerprint density at radius 3 is 3.09 bits per heavy atom. The summed E-state index contributed by atoms with van der Waals surface area (Å²) in [4.78, 5) is 28.0. The number of esters is 1. The molecule has 1 fully saturated rings. The fourth-order valence-corrected chi connectivity index (χ4v) is 4.62. The zero-order valence-electron chi connectivity index (χ0n) is 13.4. The normalized spacial score (nSPS) is 28.4. The number of carbonyl (C=O) groups is 2. The van der Waals surface area contributed by atoms with Crippen LogP contribution in [0.4, 0.5) is 5.69 Å². The highest BCUT2D eigenvalue weighted by Gasteiger charge is 2.62. The van der Waals surface area contributed by atoms with E-state index in [0.29, 0.717) is 26.0 Å². The van der Waals surface area contributed by atoms with Crippen molar-refractivity contribution in [1.29, 1.82) is 0 Å². The Labute approximate surface area is 136 Å². The molecule has 2 heterocycles. The fourth-order valence-electron chi connectivity index (χ4n) is 4.62. The van der Waals surface area contributed by atoms with E-state index in [-0.39, 0.29) is 17.8 Å². The molecule has 1 saturated carbocycles. The molecule has 23 heavy (non-hydrogen) atoms. The summed E-state index contributed by atoms with van der Waals surface area (Å²) in [6.07, 6.45) is 3.03. The fraction of sp³-hybridized carbons (Fsp3) is 0.474. The summed E-state index contributed by atoms with van der Waals surface area (Å²) in [6.45, 7) is 6.84. The molecule has 4 rings (SSSR count). The van der Waals surface area contributed by atoms with E-state index in [1.807, 2.05) is 11.0 Å². The second-order valence-electron chi connectivity index (χ2n) is 6.79. The van der Waals surface area contributed by atoms with Crippen LogP contribution in [0.25, 0.3) is 0 Å². The van der Waals surface area contributed by atoms with Crippen LogP contribution in [0, 0.1) is 5.41 Å². The third kappa shape index (κ3) is 1.78. The predicted molar refractivity (Wildman–Crippen MR) is 87.3 cm³/mol. The number of hydrogen-bond acceptors (Lipinski definition) is 3. The first-order chi connectivity index (χ1) is 11.1. The lowest BCUT2D eigenvalue weighted by Gasteiger charge is -2.45. The van der Waals surface area contributed by atoms with Gasteiger partial charge < -0.3 is 9.64 Å². The Hall–Kier alpha value is -2.10. The van der Waals surface area contributed by atoms with E-state index in [9.17, 15) is 9.59 Å². The Bertz CT molecular complexity index is 723. The van der Waals surface area contributed by atoms with Crippen molar-refractivity contribution in [3.63, 3.8) is 0 Å². The molecular weight excluding hydrogens is 290 g/mol. The number of rotatable bonds is 2. The summed E-state index contributed by atoms with van der Waals surface area (Å²) >= 11 is 0. The van der Waals surface area contributed by atoms with E-state index in [4.69, 9.17) is 4.74 Å². The van der Waals surface area contributed by atoms with Gasteiger partial charge in [-0.1, -0.05) is 30.4 Å². The summed E-state index contributed by atoms with van der Waals surface area (Å²) in [5.41, 5.74) is 3.25. The number of hydrogen-bond donors (Lipinski definition) is 0. The van der Waals surface area contributed by atoms with Crippen molar-refractivity contribution >= 4 is 17.6 Å². The maximum absolute atomic E-state index is 13.4. The molecule has 4 heteroatoms. The van der Waals surface area contributed by atoms with Crippen molar-refractivity contribution in [2.75, 3.05) is 18.1 Å². The van der Waals surface area contributed by atoms with Gasteiger partial charge in [0.1, 0.15) is 0 Å². The van der Waals surface area contributed by atoms with Crippen molar-refractivity contribution < 1.29 is 14.3 Å². The van der Waals surface area contributed by atoms with E-state index in [2.05, 4.69) is 18.7 Å². The molecule has 1 aromatic rings. The molecule has 4 nitrogen and oxygen atoms in total. The number of ether oxygens (including phenoxy) is 1. The van der Waals surface area contributed by atoms with E-state index < -0.39 is 5.41 Å². The number of allylic oxidation sites excluding steroid dienone is 1. The maximum atomic E-state index is 13.4. The van der Waals surface area contributed by atoms with Gasteiger partial charge in [0, 0.05) is 12.5 Å². The minimum absolute atomic E-state index is 0.0840. The molecule has 3 aliphatic rings. The maximum Gasteiger partial charge on any atom is 0.322 e. The van der Waals surface area contributed by atoms with Crippen LogP contribution < -0.4 is 4.90 Å². The minimum atomic E-state index is -1.10. The largest absolute Gasteiger partial charge is 0.465 e. The molecule has 1 aromatic carbocycles. The number of aryl methyl sites for hydroxylation is 1. The van der Waals surface area contributed by atoms with E-state index in [1.165, 1.54) is 5.56 Å². The van der Waals surface area contributed by atoms with Crippen LogP contribution in [0.1, 0.15) is 43.2 Å². The van der Waals surface area contributed by atoms with Gasteiger partial charge in [0.25, 0.3) is 0 Å². The van der Waals surface area contributed by atoms with Gasteiger partial charge in [-0.15, -0.1) is 0 Å². The van der Waals surface area contributed by atoms with Gasteiger partial charge in [-0.25, -0.2) is 0 Å². The van der Waals surface area contributed by atoms with Crippen molar-refractivity contribution in [1.82, 2.24) is 0 Å². The third-order valence-corrected chi connectivity index (χ3v) is 5.51. The van der Waals surface area contributed by atoms with Crippen LogP contribution in [0.5, 0.6) is 0 Å². The Morgan fingerprint density at radius 1 is 1.48 bits per heavy atom. The van der Waals surface area contributed by atoms with Gasteiger partial charge in [-0.2, -0.15) is 0 Å². The molecule has 0 spiro atoms. The Morgan fingerprint density at radius 2 is 2.30 bits per heavy atom. The zero-order valence-corrected chi connectivity index (χ0v) is 13.4. The van der Waals surface area contributed by atoms with Gasteiger partial charge in [-0.05, 0) is 43.7 Å². The topological polar surface area (TPSA) is 46.6 Å². The summed E-state index contributed by atoms with van der Waals surface area (Å²) < 4.78 is 5.33. The number of nitrogens with zero attached hydrogens (tertiary/aromatic N) is 1. The Kier molecular flexibility index (Phi) is 3.12. The average Bonchev–Trinajstić information content (AvgIpc) is 2.91. The Balaban J connectivity index is 1.95. The molecular formula is C19H21NO3. The number of carbonyl (C=O) groups excluding carboxylic acids is 2. The molecule has 0 radical (unpaired) electrons. The van der Waals surface area contributed by atoms with Crippen LogP contribution in [-0.4, -0.2) is 25.0 Å². The molecule has 2 atom stereocenters. The van der Waals surface area contributed by atoms with E-state index >= 15 is 0 Å². The number of fused-ring (bicyclic) bond motifs is 2. The second-order valence-corrected chi connectivity index (χ2v) is 6.79. The van der Waals surface area contributed by atoms with Crippen molar-refractivity contribution in [2.24, 2.45) is 5.41 Å². The third-order valence-electron chi connectivity index (χ3n) is 5.51. The molecule has 120 valence electrons. The molecule has 2 aliphatic heterocycles. The predicted octanol–water partition coefficient (Wildman–Crippen LogP) is 2.96. The molecule has 1 amide bonds. The van der Waals surface area contributed by atoms with Crippen LogP contribution in [0.2, 0.25) is 0 Å². The zero-order chi connectivity index (χ0) is 16.2. The van der Waals surface area contributed by atoms with Crippen molar-refractivity contribution in [3.05, 3.63) is 41.5 Å². The number of para-hydroxylation sites is 1. The van der Waals surface area contributed by atoms with Crippen LogP contribution in [0.3, 0.4) is 0 Å². The van der Waals surface area contributed by atoms with Gasteiger partial charge >= 0.3 is 5.97 Å². The van der Waals surface area contributed by atoms with Gasteiger partial charge in [-0.3, -0.25) is 9.59 Å². The van der Waals surface area contributed by atoms with Crippen LogP contribution in [0.15, 0.2) is 30.4 Å². The molecule has 0 saturated heterocycles. The average molecular weight is 311 g/mol. The number of amides is 1. The molecule has 0 N–H and O–H groups in total. The molecule has 0 aromatic heterocycles. The van der Waals surface area contributed by atoms with E-state index in [1.54, 1.807) is 6.92 Å². The number of anilines is 1. The van der Waals surface area contributed by atoms with Gasteiger partial charge in [0.2, 0.25) is 5.91 Å². The highest BCUT2D eigenvalue weighted by Crippen LogP contribution is 2.59. The van der Waals surface area contributed by atoms with Gasteiger partial charge in [0.15, 0.2) is 5.41 Å². The first-order valence-corrected chi connectivity index (χ1v) is 8.37. The lowest BCUT2D eigenvalue weighted by molar-refractivity contribution is -0.161. The highest BCUT2D eigenvalue weighted by atomic mass is 16.5. The lowest BCUT2D eigenvalue weighted by Crippen LogP contribution is -2.55. The molecule has 1 aliphatic carbocycles. The summed E-state index contributed by atoms with van der Waals surface area (Å²) in [5.74, 6) is -0.597. The van der Waals surface area contributed by atoms with Gasteiger partial charge in [0.05, 0.1) is 12.3 Å². The van der Waals surface area contributed by atoms with E-state index in [0.717, 1.165) is 29.7 Å². The first-order valence-electron chi connectivity index (χ1n) is 8.37. The van der Waals surface area contributed by atoms with Crippen LogP contribution >= 0.6 is 0 Å². The van der Waals surface area contributed by atoms with Crippen LogP contribution in [-0.2, 0) is 20.7 Å². The number of benzene rings is 1. The second kappa shape index (κ2) is 4.95. The monoisotopic (exact) mass is 311 g/mol. The minimum Gasteiger partial charge on any atom is -0.465 e. The molecule has 0 bridgehead atoms. The first kappa shape index (κ1) is 14.5. The molecule has 2 unspecified atom stereocenters. The van der Waals surface area contributed by atoms with Crippen molar-refractivity contribution in [2.45, 2.75) is 38.5 Å². The van der Waals surface area contributed by atoms with Crippen molar-refractivity contribution in [3.8, 4) is 0 Å². The summed E-state index contributed by atoms with van der Waals surface area (Å²) in [5, 5.41) is 0. The highest BCUT2D eigenvalue weighted by molar-refractivity contribution is 6.14. The quantitative estimate of drug-likeness (QED) is 0.479.